The molecule has 0 saturated heterocycles. The quantitative estimate of drug-likeness (QED) is 0.538. The molecule has 0 aliphatic carbocycles. The highest BCUT2D eigenvalue weighted by Gasteiger charge is 1.98. The van der Waals surface area contributed by atoms with Crippen molar-refractivity contribution in [2.75, 3.05) is 33.5 Å². The standard InChI is InChI=1S/C12H27NO2/c1-4-5-7-12(2)13-8-11-15-10-6-9-14-3/h12-13H,4-11H2,1-3H3. The molecule has 0 rings (SSSR count). The lowest BCUT2D eigenvalue weighted by Gasteiger charge is -2.13. The molecule has 0 fully saturated rings. The second-order valence-electron chi connectivity index (χ2n) is 3.96. The van der Waals surface area contributed by atoms with Crippen LogP contribution in [0.15, 0.2) is 0 Å². The van der Waals surface area contributed by atoms with E-state index in [1.807, 2.05) is 0 Å². The van der Waals surface area contributed by atoms with Gasteiger partial charge in [0.1, 0.15) is 0 Å². The van der Waals surface area contributed by atoms with Crippen LogP contribution >= 0.6 is 0 Å². The van der Waals surface area contributed by atoms with Crippen LogP contribution in [0.25, 0.3) is 0 Å². The van der Waals surface area contributed by atoms with Gasteiger partial charge in [0.2, 0.25) is 0 Å². The van der Waals surface area contributed by atoms with Crippen LogP contribution in [-0.2, 0) is 9.47 Å². The number of unbranched alkanes of at least 4 members (excludes halogenated alkanes) is 1. The summed E-state index contributed by atoms with van der Waals surface area (Å²) in [4.78, 5) is 0. The van der Waals surface area contributed by atoms with Gasteiger partial charge in [0.15, 0.2) is 0 Å². The van der Waals surface area contributed by atoms with Crippen LogP contribution in [0.2, 0.25) is 0 Å². The van der Waals surface area contributed by atoms with Crippen molar-refractivity contribution in [3.8, 4) is 0 Å². The third-order valence-electron chi connectivity index (χ3n) is 2.37. The Bertz CT molecular complexity index is 120. The molecule has 0 spiro atoms. The maximum atomic E-state index is 5.45. The van der Waals surface area contributed by atoms with Crippen molar-refractivity contribution < 1.29 is 9.47 Å². The Labute approximate surface area is 94.5 Å². The first kappa shape index (κ1) is 14.9. The molecule has 92 valence electrons. The molecule has 3 nitrogen and oxygen atoms in total. The minimum absolute atomic E-state index is 0.618. The largest absolute Gasteiger partial charge is 0.385 e. The van der Waals surface area contributed by atoms with Gasteiger partial charge < -0.3 is 14.8 Å². The summed E-state index contributed by atoms with van der Waals surface area (Å²) >= 11 is 0. The first-order chi connectivity index (χ1) is 7.31. The molecule has 0 aliphatic heterocycles. The Morgan fingerprint density at radius 1 is 1.13 bits per heavy atom. The second kappa shape index (κ2) is 12.0. The molecule has 0 radical (unpaired) electrons. The van der Waals surface area contributed by atoms with E-state index < -0.39 is 0 Å². The van der Waals surface area contributed by atoms with E-state index in [1.165, 1.54) is 19.3 Å². The van der Waals surface area contributed by atoms with E-state index in [0.29, 0.717) is 6.04 Å². The first-order valence-corrected chi connectivity index (χ1v) is 6.11. The third kappa shape index (κ3) is 11.8. The zero-order chi connectivity index (χ0) is 11.4. The molecule has 0 bridgehead atoms. The molecule has 0 aliphatic rings. The lowest BCUT2D eigenvalue weighted by atomic mass is 10.1. The maximum absolute atomic E-state index is 5.45. The van der Waals surface area contributed by atoms with Crippen molar-refractivity contribution in [2.45, 2.75) is 45.6 Å². The predicted molar refractivity (Wildman–Crippen MR) is 64.3 cm³/mol. The number of methoxy groups -OCH3 is 1. The topological polar surface area (TPSA) is 30.5 Å². The van der Waals surface area contributed by atoms with Crippen LogP contribution < -0.4 is 5.32 Å². The third-order valence-corrected chi connectivity index (χ3v) is 2.37. The van der Waals surface area contributed by atoms with Crippen molar-refractivity contribution in [1.82, 2.24) is 5.32 Å². The zero-order valence-electron chi connectivity index (χ0n) is 10.6. The molecular weight excluding hydrogens is 190 g/mol. The number of rotatable bonds is 11. The highest BCUT2D eigenvalue weighted by atomic mass is 16.5. The van der Waals surface area contributed by atoms with E-state index >= 15 is 0 Å². The van der Waals surface area contributed by atoms with Gasteiger partial charge in [-0.25, -0.2) is 0 Å². The van der Waals surface area contributed by atoms with E-state index in [4.69, 9.17) is 9.47 Å². The molecule has 1 N–H and O–H groups in total. The summed E-state index contributed by atoms with van der Waals surface area (Å²) in [5.41, 5.74) is 0. The fraction of sp³-hybridized carbons (Fsp3) is 1.00. The summed E-state index contributed by atoms with van der Waals surface area (Å²) in [5.74, 6) is 0. The SMILES string of the molecule is CCCCC(C)NCCOCCCOC. The number of ether oxygens (including phenoxy) is 2. The summed E-state index contributed by atoms with van der Waals surface area (Å²) in [6, 6.07) is 0.618. The molecule has 0 aromatic rings. The van der Waals surface area contributed by atoms with E-state index in [9.17, 15) is 0 Å². The van der Waals surface area contributed by atoms with Gasteiger partial charge in [-0.1, -0.05) is 19.8 Å². The average Bonchev–Trinajstić information content (AvgIpc) is 2.25. The zero-order valence-corrected chi connectivity index (χ0v) is 10.6. The van der Waals surface area contributed by atoms with Crippen molar-refractivity contribution in [3.63, 3.8) is 0 Å². The van der Waals surface area contributed by atoms with Gasteiger partial charge in [-0.05, 0) is 19.8 Å². The average molecular weight is 217 g/mol. The molecule has 0 amide bonds. The molecule has 0 saturated carbocycles. The number of hydrogen-bond donors (Lipinski definition) is 1. The van der Waals surface area contributed by atoms with Crippen LogP contribution in [0.5, 0.6) is 0 Å². The van der Waals surface area contributed by atoms with Crippen molar-refractivity contribution in [2.24, 2.45) is 0 Å². The van der Waals surface area contributed by atoms with E-state index in [2.05, 4.69) is 19.2 Å². The van der Waals surface area contributed by atoms with Crippen LogP contribution in [-0.4, -0.2) is 39.5 Å². The Morgan fingerprint density at radius 3 is 2.60 bits per heavy atom. The van der Waals surface area contributed by atoms with Crippen molar-refractivity contribution in [1.29, 1.82) is 0 Å². The fourth-order valence-corrected chi connectivity index (χ4v) is 1.40. The Morgan fingerprint density at radius 2 is 1.93 bits per heavy atom. The van der Waals surface area contributed by atoms with Gasteiger partial charge in [0.05, 0.1) is 6.61 Å². The number of hydrogen-bond acceptors (Lipinski definition) is 3. The van der Waals surface area contributed by atoms with E-state index in [1.54, 1.807) is 7.11 Å². The first-order valence-electron chi connectivity index (χ1n) is 6.11. The van der Waals surface area contributed by atoms with E-state index in [0.717, 1.165) is 32.8 Å². The Balaban J connectivity index is 3.02. The van der Waals surface area contributed by atoms with Crippen molar-refractivity contribution >= 4 is 0 Å². The van der Waals surface area contributed by atoms with Gasteiger partial charge in [0, 0.05) is 32.9 Å². The number of nitrogens with one attached hydrogen (secondary N) is 1. The summed E-state index contributed by atoms with van der Waals surface area (Å²) in [6.07, 6.45) is 4.84. The molecule has 15 heavy (non-hydrogen) atoms. The van der Waals surface area contributed by atoms with Crippen LogP contribution in [0.4, 0.5) is 0 Å². The molecule has 0 aromatic carbocycles. The Hall–Kier alpha value is -0.120. The highest BCUT2D eigenvalue weighted by molar-refractivity contribution is 4.59. The van der Waals surface area contributed by atoms with Gasteiger partial charge in [-0.3, -0.25) is 0 Å². The van der Waals surface area contributed by atoms with Crippen LogP contribution in [0.1, 0.15) is 39.5 Å². The van der Waals surface area contributed by atoms with Crippen LogP contribution in [0, 0.1) is 0 Å². The molecule has 1 unspecified atom stereocenters. The minimum Gasteiger partial charge on any atom is -0.385 e. The van der Waals surface area contributed by atoms with Crippen molar-refractivity contribution in [3.05, 3.63) is 0 Å². The van der Waals surface area contributed by atoms with Gasteiger partial charge >= 0.3 is 0 Å². The summed E-state index contributed by atoms with van der Waals surface area (Å²) in [6.45, 7) is 7.82. The van der Waals surface area contributed by atoms with Gasteiger partial charge in [0.25, 0.3) is 0 Å². The highest BCUT2D eigenvalue weighted by Crippen LogP contribution is 1.98. The molecular formula is C12H27NO2. The predicted octanol–water partition coefficient (Wildman–Crippen LogP) is 2.21. The Kier molecular flexibility index (Phi) is 11.9. The summed E-state index contributed by atoms with van der Waals surface area (Å²) in [7, 11) is 1.72. The fourth-order valence-electron chi connectivity index (χ4n) is 1.40. The summed E-state index contributed by atoms with van der Waals surface area (Å²) in [5, 5.41) is 3.45. The minimum atomic E-state index is 0.618. The smallest absolute Gasteiger partial charge is 0.0591 e. The molecule has 0 aromatic heterocycles. The lowest BCUT2D eigenvalue weighted by molar-refractivity contribution is 0.103. The van der Waals surface area contributed by atoms with Crippen LogP contribution in [0.3, 0.4) is 0 Å². The molecule has 3 heteroatoms. The second-order valence-corrected chi connectivity index (χ2v) is 3.96. The normalized spacial score (nSPS) is 13.0. The molecule has 0 heterocycles. The van der Waals surface area contributed by atoms with Gasteiger partial charge in [-0.2, -0.15) is 0 Å². The monoisotopic (exact) mass is 217 g/mol. The summed E-state index contributed by atoms with van der Waals surface area (Å²) < 4.78 is 10.4. The van der Waals surface area contributed by atoms with Gasteiger partial charge in [-0.15, -0.1) is 0 Å². The lowest BCUT2D eigenvalue weighted by Crippen LogP contribution is -2.29. The van der Waals surface area contributed by atoms with E-state index in [-0.39, 0.29) is 0 Å². The molecule has 1 atom stereocenters. The maximum Gasteiger partial charge on any atom is 0.0591 e.